The van der Waals surface area contributed by atoms with Gasteiger partial charge in [-0.3, -0.25) is 0 Å². The Balaban J connectivity index is 1.57. The van der Waals surface area contributed by atoms with Gasteiger partial charge in [-0.1, -0.05) is 0 Å². The zero-order valence-corrected chi connectivity index (χ0v) is 12.6. The molecular weight excluding hydrogens is 286 g/mol. The van der Waals surface area contributed by atoms with Crippen molar-refractivity contribution in [2.24, 2.45) is 10.8 Å². The Kier molecular flexibility index (Phi) is 2.60. The van der Waals surface area contributed by atoms with Gasteiger partial charge in [0.05, 0.1) is 11.7 Å². The molecule has 0 amide bonds. The van der Waals surface area contributed by atoms with Gasteiger partial charge in [0.25, 0.3) is 0 Å². The van der Waals surface area contributed by atoms with Gasteiger partial charge in [-0.2, -0.15) is 5.10 Å². The van der Waals surface area contributed by atoms with Gasteiger partial charge >= 0.3 is 0 Å². The average Bonchev–Trinajstić information content (AvgIpc) is 3.33. The standard InChI is InChI=1S/C18H17N5/c19-13-8-14-7-12(5-6-23(14)21-9-13)16-10-20-18-15(16)3-4-17(22-18)11-1-2-11/h3-11,13H,1-2,19H2,(H,20,22)/t13-/m0/s1. The van der Waals surface area contributed by atoms with E-state index in [1.165, 1.54) is 18.5 Å². The zero-order chi connectivity index (χ0) is 15.4. The van der Waals surface area contributed by atoms with Gasteiger partial charge in [0.2, 0.25) is 0 Å². The molecule has 0 saturated heterocycles. The maximum absolute atomic E-state index is 5.93. The van der Waals surface area contributed by atoms with Crippen LogP contribution in [-0.4, -0.2) is 27.2 Å². The summed E-state index contributed by atoms with van der Waals surface area (Å²) in [5, 5.41) is 7.31. The molecule has 2 aromatic rings. The Morgan fingerprint density at radius 1 is 1.26 bits per heavy atom. The van der Waals surface area contributed by atoms with Crippen LogP contribution in [0.4, 0.5) is 0 Å². The third kappa shape index (κ3) is 2.12. The van der Waals surface area contributed by atoms with E-state index in [1.807, 2.05) is 23.5 Å². The van der Waals surface area contributed by atoms with E-state index < -0.39 is 0 Å². The lowest BCUT2D eigenvalue weighted by Crippen LogP contribution is -2.27. The number of pyridine rings is 1. The SMILES string of the molecule is N[C@@H]1C=NN2C=CC(c3c[nH]c4nc(C5CC5)ccc34)=CC2=C1. The van der Waals surface area contributed by atoms with E-state index in [9.17, 15) is 0 Å². The van der Waals surface area contributed by atoms with Gasteiger partial charge in [-0.05, 0) is 48.8 Å². The van der Waals surface area contributed by atoms with Crippen LogP contribution in [0.5, 0.6) is 0 Å². The lowest BCUT2D eigenvalue weighted by molar-refractivity contribution is 0.500. The summed E-state index contributed by atoms with van der Waals surface area (Å²) < 4.78 is 0. The highest BCUT2D eigenvalue weighted by Crippen LogP contribution is 2.40. The van der Waals surface area contributed by atoms with Gasteiger partial charge in [0, 0.05) is 41.2 Å². The van der Waals surface area contributed by atoms with Crippen molar-refractivity contribution in [3.05, 3.63) is 59.7 Å². The minimum atomic E-state index is -0.129. The first kappa shape index (κ1) is 12.8. The molecule has 0 radical (unpaired) electrons. The maximum atomic E-state index is 5.93. The third-order valence-corrected chi connectivity index (χ3v) is 4.56. The quantitative estimate of drug-likeness (QED) is 0.896. The van der Waals surface area contributed by atoms with Crippen molar-refractivity contribution in [3.8, 4) is 0 Å². The molecular formula is C18H17N5. The molecule has 1 fully saturated rings. The molecule has 0 spiro atoms. The molecule has 1 atom stereocenters. The number of aromatic amines is 1. The van der Waals surface area contributed by atoms with E-state index >= 15 is 0 Å². The van der Waals surface area contributed by atoms with Gasteiger partial charge < -0.3 is 10.7 Å². The van der Waals surface area contributed by atoms with Crippen LogP contribution in [0.15, 0.2) is 53.6 Å². The van der Waals surface area contributed by atoms with Crippen LogP contribution in [0.25, 0.3) is 16.6 Å². The second-order valence-corrected chi connectivity index (χ2v) is 6.30. The van der Waals surface area contributed by atoms with Crippen molar-refractivity contribution in [1.82, 2.24) is 15.0 Å². The molecule has 3 N–H and O–H groups in total. The highest BCUT2D eigenvalue weighted by atomic mass is 15.5. The van der Waals surface area contributed by atoms with Crippen molar-refractivity contribution in [1.29, 1.82) is 0 Å². The lowest BCUT2D eigenvalue weighted by Gasteiger charge is -2.24. The number of hydrogen-bond donors (Lipinski definition) is 2. The molecule has 5 nitrogen and oxygen atoms in total. The molecule has 0 unspecified atom stereocenters. The van der Waals surface area contributed by atoms with Crippen LogP contribution < -0.4 is 5.73 Å². The second-order valence-electron chi connectivity index (χ2n) is 6.30. The first-order valence-electron chi connectivity index (χ1n) is 7.97. The smallest absolute Gasteiger partial charge is 0.138 e. The van der Waals surface area contributed by atoms with Crippen LogP contribution in [-0.2, 0) is 0 Å². The van der Waals surface area contributed by atoms with Crippen molar-refractivity contribution in [2.45, 2.75) is 24.8 Å². The van der Waals surface area contributed by atoms with E-state index in [2.05, 4.69) is 34.4 Å². The molecule has 1 saturated carbocycles. The topological polar surface area (TPSA) is 70.3 Å². The van der Waals surface area contributed by atoms with E-state index in [1.54, 1.807) is 6.21 Å². The molecule has 0 aromatic carbocycles. The van der Waals surface area contributed by atoms with Gasteiger partial charge in [-0.25, -0.2) is 9.99 Å². The lowest BCUT2D eigenvalue weighted by atomic mass is 10.0. The van der Waals surface area contributed by atoms with Crippen molar-refractivity contribution >= 4 is 22.8 Å². The Hall–Kier alpha value is -2.66. The van der Waals surface area contributed by atoms with Crippen LogP contribution in [0.2, 0.25) is 0 Å². The molecule has 114 valence electrons. The summed E-state index contributed by atoms with van der Waals surface area (Å²) in [5.41, 5.74) is 11.4. The molecule has 4 heterocycles. The molecule has 5 heteroatoms. The average molecular weight is 303 g/mol. The third-order valence-electron chi connectivity index (χ3n) is 4.56. The molecule has 2 aliphatic heterocycles. The van der Waals surface area contributed by atoms with E-state index in [0.29, 0.717) is 5.92 Å². The number of aromatic nitrogens is 2. The fourth-order valence-electron chi connectivity index (χ4n) is 3.16. The minimum absolute atomic E-state index is 0.129. The van der Waals surface area contributed by atoms with Crippen LogP contribution in [0, 0.1) is 0 Å². The number of hydrazone groups is 1. The van der Waals surface area contributed by atoms with Crippen LogP contribution in [0.1, 0.15) is 30.0 Å². The van der Waals surface area contributed by atoms with E-state index in [4.69, 9.17) is 10.7 Å². The Morgan fingerprint density at radius 3 is 3.04 bits per heavy atom. The highest BCUT2D eigenvalue weighted by molar-refractivity contribution is 5.94. The Bertz CT molecular complexity index is 911. The first-order chi connectivity index (χ1) is 11.3. The normalized spacial score (nSPS) is 23.0. The summed E-state index contributed by atoms with van der Waals surface area (Å²) >= 11 is 0. The van der Waals surface area contributed by atoms with Crippen LogP contribution in [0.3, 0.4) is 0 Å². The second kappa shape index (κ2) is 4.67. The highest BCUT2D eigenvalue weighted by Gasteiger charge is 2.25. The number of fused-ring (bicyclic) bond motifs is 2. The summed E-state index contributed by atoms with van der Waals surface area (Å²) in [7, 11) is 0. The van der Waals surface area contributed by atoms with Crippen molar-refractivity contribution in [2.75, 3.05) is 0 Å². The molecule has 23 heavy (non-hydrogen) atoms. The minimum Gasteiger partial charge on any atom is -0.346 e. The maximum Gasteiger partial charge on any atom is 0.138 e. The Labute approximate surface area is 133 Å². The monoisotopic (exact) mass is 303 g/mol. The fourth-order valence-corrected chi connectivity index (χ4v) is 3.16. The number of rotatable bonds is 2. The Morgan fingerprint density at radius 2 is 2.17 bits per heavy atom. The predicted octanol–water partition coefficient (Wildman–Crippen LogP) is 2.86. The summed E-state index contributed by atoms with van der Waals surface area (Å²) in [4.78, 5) is 8.09. The fraction of sp³-hybridized carbons (Fsp3) is 0.222. The molecule has 3 aliphatic rings. The number of nitrogens with zero attached hydrogens (tertiary/aromatic N) is 3. The van der Waals surface area contributed by atoms with Crippen molar-refractivity contribution in [3.63, 3.8) is 0 Å². The van der Waals surface area contributed by atoms with Crippen molar-refractivity contribution < 1.29 is 0 Å². The van der Waals surface area contributed by atoms with Gasteiger partial charge in [0.1, 0.15) is 5.65 Å². The predicted molar refractivity (Wildman–Crippen MR) is 91.6 cm³/mol. The molecule has 0 bridgehead atoms. The summed E-state index contributed by atoms with van der Waals surface area (Å²) in [5.74, 6) is 0.667. The van der Waals surface area contributed by atoms with E-state index in [0.717, 1.165) is 27.9 Å². The summed E-state index contributed by atoms with van der Waals surface area (Å²) in [6, 6.07) is 4.22. The summed E-state index contributed by atoms with van der Waals surface area (Å²) in [6.07, 6.45) is 14.5. The molecule has 2 aromatic heterocycles. The van der Waals surface area contributed by atoms with E-state index in [-0.39, 0.29) is 6.04 Å². The summed E-state index contributed by atoms with van der Waals surface area (Å²) in [6.45, 7) is 0. The first-order valence-corrected chi connectivity index (χ1v) is 7.97. The van der Waals surface area contributed by atoms with Gasteiger partial charge in [0.15, 0.2) is 0 Å². The number of hydrogen-bond acceptors (Lipinski definition) is 4. The number of nitrogens with two attached hydrogens (primary N) is 1. The van der Waals surface area contributed by atoms with Gasteiger partial charge in [-0.15, -0.1) is 0 Å². The number of allylic oxidation sites excluding steroid dienone is 3. The number of nitrogens with one attached hydrogen (secondary N) is 1. The zero-order valence-electron chi connectivity index (χ0n) is 12.6. The molecule has 1 aliphatic carbocycles. The van der Waals surface area contributed by atoms with Crippen LogP contribution >= 0.6 is 0 Å². The largest absolute Gasteiger partial charge is 0.346 e. The molecule has 5 rings (SSSR count). The number of H-pyrrole nitrogens is 1.